The molecule has 1 N–H and O–H groups in total. The van der Waals surface area contributed by atoms with Crippen molar-refractivity contribution < 1.29 is 31.3 Å². The van der Waals surface area contributed by atoms with E-state index in [0.29, 0.717) is 15.9 Å². The molecule has 9 nitrogen and oxygen atoms in total. The minimum absolute atomic E-state index is 0.150. The molecular weight excluding hydrogens is 537 g/mol. The van der Waals surface area contributed by atoms with Crippen molar-refractivity contribution in [2.45, 2.75) is 18.0 Å². The van der Waals surface area contributed by atoms with Crippen LogP contribution in [0.1, 0.15) is 18.1 Å². The lowest BCUT2D eigenvalue weighted by atomic mass is 10.1. The highest BCUT2D eigenvalue weighted by Gasteiger charge is 2.35. The van der Waals surface area contributed by atoms with Crippen LogP contribution >= 0.6 is 11.6 Å². The number of hydrogen-bond acceptors (Lipinski definition) is 6. The van der Waals surface area contributed by atoms with Crippen molar-refractivity contribution in [2.75, 3.05) is 10.8 Å². The molecule has 0 spiro atoms. The number of benzene rings is 3. The van der Waals surface area contributed by atoms with Crippen LogP contribution in [0.4, 0.5) is 24.5 Å². The topological polar surface area (TPSA) is 122 Å². The molecule has 0 fully saturated rings. The Morgan fingerprint density at radius 1 is 1.08 bits per heavy atom. The zero-order valence-corrected chi connectivity index (χ0v) is 20.5. The zero-order valence-electron chi connectivity index (χ0n) is 18.9. The molecule has 3 rings (SSSR count). The number of amides is 1. The van der Waals surface area contributed by atoms with Crippen LogP contribution in [-0.2, 0) is 21.0 Å². The lowest BCUT2D eigenvalue weighted by Gasteiger charge is -2.25. The fourth-order valence-corrected chi connectivity index (χ4v) is 4.78. The number of alkyl halides is 3. The highest BCUT2D eigenvalue weighted by atomic mass is 35.5. The fraction of sp³-hybridized carbons (Fsp3) is 0.130. The smallest absolute Gasteiger partial charge is 0.271 e. The monoisotopic (exact) mass is 554 g/mol. The summed E-state index contributed by atoms with van der Waals surface area (Å²) >= 11 is 5.67. The fourth-order valence-electron chi connectivity index (χ4n) is 3.12. The van der Waals surface area contributed by atoms with Gasteiger partial charge in [0.05, 0.1) is 31.8 Å². The Bertz CT molecular complexity index is 1450. The van der Waals surface area contributed by atoms with Gasteiger partial charge in [-0.25, -0.2) is 13.8 Å². The zero-order chi connectivity index (χ0) is 27.4. The first-order valence-electron chi connectivity index (χ1n) is 10.3. The molecule has 0 bridgehead atoms. The van der Waals surface area contributed by atoms with Crippen molar-refractivity contribution in [1.82, 2.24) is 5.43 Å². The largest absolute Gasteiger partial charge is 0.417 e. The molecule has 0 radical (unpaired) electrons. The molecule has 0 unspecified atom stereocenters. The molecular formula is C23H18ClF3N4O5S. The number of nitro groups is 1. The normalized spacial score (nSPS) is 12.2. The predicted octanol–water partition coefficient (Wildman–Crippen LogP) is 5.00. The molecule has 37 heavy (non-hydrogen) atoms. The van der Waals surface area contributed by atoms with Gasteiger partial charge in [0.1, 0.15) is 6.54 Å². The van der Waals surface area contributed by atoms with Gasteiger partial charge in [-0.1, -0.05) is 29.8 Å². The molecule has 0 aromatic heterocycles. The Morgan fingerprint density at radius 3 is 2.27 bits per heavy atom. The van der Waals surface area contributed by atoms with Gasteiger partial charge in [-0.2, -0.15) is 18.3 Å². The molecule has 3 aromatic rings. The number of sulfonamides is 1. The van der Waals surface area contributed by atoms with Gasteiger partial charge in [0.15, 0.2) is 0 Å². The van der Waals surface area contributed by atoms with Crippen LogP contribution in [0.25, 0.3) is 0 Å². The summed E-state index contributed by atoms with van der Waals surface area (Å²) in [7, 11) is -4.48. The van der Waals surface area contributed by atoms with E-state index >= 15 is 0 Å². The van der Waals surface area contributed by atoms with E-state index < -0.39 is 49.8 Å². The number of carbonyl (C=O) groups excluding carboxylic acids is 1. The lowest BCUT2D eigenvalue weighted by molar-refractivity contribution is -0.384. The second-order valence-electron chi connectivity index (χ2n) is 7.52. The number of rotatable bonds is 8. The maximum absolute atomic E-state index is 13.4. The average Bonchev–Trinajstić information content (AvgIpc) is 2.86. The summed E-state index contributed by atoms with van der Waals surface area (Å²) in [6.45, 7) is 0.585. The lowest BCUT2D eigenvalue weighted by Crippen LogP contribution is -2.40. The van der Waals surface area contributed by atoms with E-state index in [0.717, 1.165) is 12.1 Å². The Morgan fingerprint density at radius 2 is 1.70 bits per heavy atom. The third kappa shape index (κ3) is 6.62. The quantitative estimate of drug-likeness (QED) is 0.238. The van der Waals surface area contributed by atoms with E-state index in [2.05, 4.69) is 10.5 Å². The SMILES string of the molecule is C/C(=N/NC(=O)CN(c1ccc(Cl)c(C(F)(F)F)c1)S(=O)(=O)c1ccccc1)c1ccc([N+](=O)[O-])cc1. The molecule has 0 atom stereocenters. The third-order valence-electron chi connectivity index (χ3n) is 5.01. The van der Waals surface area contributed by atoms with Crippen LogP contribution in [0.3, 0.4) is 0 Å². The molecule has 14 heteroatoms. The van der Waals surface area contributed by atoms with Gasteiger partial charge < -0.3 is 0 Å². The first-order chi connectivity index (χ1) is 17.3. The number of nitro benzene ring substituents is 1. The van der Waals surface area contributed by atoms with Crippen molar-refractivity contribution >= 4 is 44.6 Å². The van der Waals surface area contributed by atoms with E-state index in [4.69, 9.17) is 11.6 Å². The van der Waals surface area contributed by atoms with E-state index in [9.17, 15) is 36.5 Å². The van der Waals surface area contributed by atoms with Gasteiger partial charge >= 0.3 is 6.18 Å². The number of halogens is 4. The number of nitrogens with zero attached hydrogens (tertiary/aromatic N) is 3. The van der Waals surface area contributed by atoms with Gasteiger partial charge in [-0.3, -0.25) is 19.2 Å². The van der Waals surface area contributed by atoms with Crippen LogP contribution in [0.5, 0.6) is 0 Å². The minimum Gasteiger partial charge on any atom is -0.271 e. The summed E-state index contributed by atoms with van der Waals surface area (Å²) in [6.07, 6.45) is -4.87. The third-order valence-corrected chi connectivity index (χ3v) is 7.12. The van der Waals surface area contributed by atoms with Gasteiger partial charge in [-0.05, 0) is 55.0 Å². The number of hydrazone groups is 1. The van der Waals surface area contributed by atoms with Crippen LogP contribution in [0.2, 0.25) is 5.02 Å². The van der Waals surface area contributed by atoms with Crippen molar-refractivity contribution in [3.63, 3.8) is 0 Å². The van der Waals surface area contributed by atoms with Gasteiger partial charge in [0.2, 0.25) is 0 Å². The van der Waals surface area contributed by atoms with Crippen molar-refractivity contribution in [2.24, 2.45) is 5.10 Å². The second kappa shape index (κ2) is 11.0. The van der Waals surface area contributed by atoms with E-state index in [1.165, 1.54) is 55.5 Å². The Balaban J connectivity index is 1.93. The Kier molecular flexibility index (Phi) is 8.18. The first kappa shape index (κ1) is 27.6. The van der Waals surface area contributed by atoms with E-state index in [1.54, 1.807) is 6.07 Å². The molecule has 0 saturated heterocycles. The summed E-state index contributed by atoms with van der Waals surface area (Å²) in [5.41, 5.74) is 0.980. The summed E-state index contributed by atoms with van der Waals surface area (Å²) in [5, 5.41) is 14.0. The number of nitrogens with one attached hydrogen (secondary N) is 1. The van der Waals surface area contributed by atoms with Crippen molar-refractivity contribution in [3.8, 4) is 0 Å². The minimum atomic E-state index is -4.87. The van der Waals surface area contributed by atoms with Crippen LogP contribution in [0.15, 0.2) is 82.8 Å². The number of hydrogen-bond donors (Lipinski definition) is 1. The molecule has 1 amide bonds. The molecule has 3 aromatic carbocycles. The number of anilines is 1. The molecule has 0 aliphatic rings. The summed E-state index contributed by atoms with van der Waals surface area (Å²) in [5.74, 6) is -0.954. The predicted molar refractivity (Wildman–Crippen MR) is 131 cm³/mol. The standard InChI is InChI=1S/C23H18ClF3N4O5S/c1-15(16-7-9-17(10-8-16)31(33)34)28-29-22(32)14-30(37(35,36)19-5-3-2-4-6-19)18-11-12-21(24)20(13-18)23(25,26)27/h2-13H,14H2,1H3,(H,29,32)/b28-15-. The van der Waals surface area contributed by atoms with Crippen LogP contribution in [-0.4, -0.2) is 31.5 Å². The van der Waals surface area contributed by atoms with Crippen LogP contribution < -0.4 is 9.73 Å². The van der Waals surface area contributed by atoms with Crippen LogP contribution in [0, 0.1) is 10.1 Å². The van der Waals surface area contributed by atoms with E-state index in [-0.39, 0.29) is 16.3 Å². The van der Waals surface area contributed by atoms with Crippen molar-refractivity contribution in [3.05, 3.63) is 99.1 Å². The Hall–Kier alpha value is -3.97. The molecule has 0 aliphatic heterocycles. The van der Waals surface area contributed by atoms with E-state index in [1.807, 2.05) is 0 Å². The van der Waals surface area contributed by atoms with Crippen molar-refractivity contribution in [1.29, 1.82) is 0 Å². The molecule has 0 saturated carbocycles. The summed E-state index contributed by atoms with van der Waals surface area (Å²) in [6, 6.07) is 14.6. The second-order valence-corrected chi connectivity index (χ2v) is 9.79. The number of non-ortho nitro benzene ring substituents is 1. The van der Waals surface area contributed by atoms with Gasteiger partial charge in [0.25, 0.3) is 21.6 Å². The molecule has 194 valence electrons. The maximum Gasteiger partial charge on any atom is 0.417 e. The van der Waals surface area contributed by atoms with Gasteiger partial charge in [-0.15, -0.1) is 0 Å². The highest BCUT2D eigenvalue weighted by Crippen LogP contribution is 2.38. The summed E-state index contributed by atoms with van der Waals surface area (Å²) < 4.78 is 67.4. The Labute approximate surface area is 214 Å². The number of carbonyl (C=O) groups is 1. The average molecular weight is 555 g/mol. The first-order valence-corrected chi connectivity index (χ1v) is 12.1. The summed E-state index contributed by atoms with van der Waals surface area (Å²) in [4.78, 5) is 22.6. The highest BCUT2D eigenvalue weighted by molar-refractivity contribution is 7.92. The molecule has 0 aliphatic carbocycles. The molecule has 0 heterocycles. The van der Waals surface area contributed by atoms with Gasteiger partial charge in [0, 0.05) is 12.1 Å². The maximum atomic E-state index is 13.4.